The van der Waals surface area contributed by atoms with Crippen molar-refractivity contribution >= 4 is 7.82 Å². The smallest absolute Gasteiger partial charge is 0.394 e. The summed E-state index contributed by atoms with van der Waals surface area (Å²) >= 11 is 0. The molecule has 1 aliphatic heterocycles. The molecule has 72 heavy (non-hydrogen) atoms. The third-order valence-corrected chi connectivity index (χ3v) is 16.4. The molecule has 1 heterocycles. The highest BCUT2D eigenvalue weighted by Gasteiger charge is 2.55. The van der Waals surface area contributed by atoms with E-state index in [9.17, 15) is 50.3 Å². The fraction of sp³-hybridized carbons (Fsp3) is 1.00. The zero-order valence-corrected chi connectivity index (χ0v) is 47.4. The Bertz CT molecular complexity index is 1400. The molecule has 9 N–H and O–H groups in total. The molecular weight excluding hydrogens is 948 g/mol. The van der Waals surface area contributed by atoms with Crippen molar-refractivity contribution in [2.24, 2.45) is 47.3 Å². The summed E-state index contributed by atoms with van der Waals surface area (Å²) in [6.45, 7) is 22.7. The van der Waals surface area contributed by atoms with Crippen LogP contribution in [0.15, 0.2) is 0 Å². The lowest BCUT2D eigenvalue weighted by Crippen LogP contribution is -2.67. The summed E-state index contributed by atoms with van der Waals surface area (Å²) < 4.78 is 47.6. The molecule has 0 aromatic carbocycles. The fourth-order valence-corrected chi connectivity index (χ4v) is 11.1. The molecule has 19 atom stereocenters. The Morgan fingerprint density at radius 3 is 1.25 bits per heavy atom. The molecule has 0 aromatic heterocycles. The van der Waals surface area contributed by atoms with E-state index in [2.05, 4.69) is 69.2 Å². The maximum atomic E-state index is 13.6. The highest BCUT2D eigenvalue weighted by atomic mass is 31.2. The van der Waals surface area contributed by atoms with Crippen molar-refractivity contribution in [3.8, 4) is 0 Å². The molecule has 0 amide bonds. The number of hydrogen-bond donors (Lipinski definition) is 9. The molecule has 2 aliphatic rings. The van der Waals surface area contributed by atoms with Crippen LogP contribution in [-0.2, 0) is 32.6 Å². The second kappa shape index (κ2) is 36.7. The molecule has 0 bridgehead atoms. The van der Waals surface area contributed by atoms with E-state index >= 15 is 0 Å². The average Bonchev–Trinajstić information content (AvgIpc) is 3.31. The summed E-state index contributed by atoms with van der Waals surface area (Å²) in [6, 6.07) is 0. The molecule has 1 saturated heterocycles. The Hall–Kier alpha value is -0.370. The monoisotopic (exact) mass is 1060 g/mol. The van der Waals surface area contributed by atoms with Crippen LogP contribution in [0.4, 0.5) is 0 Å². The van der Waals surface area contributed by atoms with Crippen LogP contribution in [0.3, 0.4) is 0 Å². The van der Waals surface area contributed by atoms with Crippen molar-refractivity contribution in [3.63, 3.8) is 0 Å². The van der Waals surface area contributed by atoms with Gasteiger partial charge in [-0.15, -0.1) is 0 Å². The standard InChI is InChI=1S/C55H109O16P/c1-36(2)17-11-19-38(5)21-13-23-40(7)25-15-27-42(9)29-31-66-34-44(67-32-30-43(10)28-16-26-41(8)24-14-22-39(6)20-12-18-37(3)4)35-68-72(64,65)71-54-51(62)49(60)48(59)50(61)53(54)70-55-52(63)47(58)46(57)45(33-56)69-55/h36-63H,11-35H2,1-10H3,(H,64,65)/t38-,39-,40-,41-,42-,43-,44-,45-,46-,47?,48?,49?,50-,51?,52?,53?,54+,55+/m1/s1. The first-order valence-corrected chi connectivity index (χ1v) is 30.0. The third-order valence-electron chi connectivity index (χ3n) is 15.4. The van der Waals surface area contributed by atoms with Crippen molar-refractivity contribution in [1.29, 1.82) is 0 Å². The molecule has 2 rings (SSSR count). The maximum Gasteiger partial charge on any atom is 0.472 e. The lowest BCUT2D eigenvalue weighted by molar-refractivity contribution is -0.338. The lowest BCUT2D eigenvalue weighted by Gasteiger charge is -2.47. The lowest BCUT2D eigenvalue weighted by atomic mass is 9.84. The molecule has 0 spiro atoms. The van der Waals surface area contributed by atoms with Gasteiger partial charge in [-0.05, 0) is 60.2 Å². The Labute approximate surface area is 436 Å². The van der Waals surface area contributed by atoms with Crippen molar-refractivity contribution < 1.29 is 78.3 Å². The highest BCUT2D eigenvalue weighted by molar-refractivity contribution is 7.47. The highest BCUT2D eigenvalue weighted by Crippen LogP contribution is 2.48. The van der Waals surface area contributed by atoms with Crippen LogP contribution in [0.25, 0.3) is 0 Å². The first-order chi connectivity index (χ1) is 34.0. The van der Waals surface area contributed by atoms with Gasteiger partial charge >= 0.3 is 7.82 Å². The van der Waals surface area contributed by atoms with Gasteiger partial charge in [-0.3, -0.25) is 9.05 Å². The zero-order valence-electron chi connectivity index (χ0n) is 46.6. The van der Waals surface area contributed by atoms with Crippen LogP contribution in [0.1, 0.15) is 198 Å². The van der Waals surface area contributed by atoms with E-state index in [1.807, 2.05) is 0 Å². The first-order valence-electron chi connectivity index (χ1n) is 28.5. The topological polar surface area (TPSA) is 255 Å². The van der Waals surface area contributed by atoms with Crippen LogP contribution in [0.5, 0.6) is 0 Å². The normalized spacial score (nSPS) is 30.0. The van der Waals surface area contributed by atoms with E-state index in [-0.39, 0.29) is 6.61 Å². The number of phosphoric ester groups is 1. The summed E-state index contributed by atoms with van der Waals surface area (Å²) in [5.41, 5.74) is 0. The first kappa shape index (κ1) is 67.7. The van der Waals surface area contributed by atoms with E-state index < -0.39 is 94.5 Å². The van der Waals surface area contributed by atoms with Gasteiger partial charge in [-0.1, -0.05) is 185 Å². The van der Waals surface area contributed by atoms with Crippen LogP contribution in [0, 0.1) is 47.3 Å². The Kier molecular flexibility index (Phi) is 34.5. The number of hydrogen-bond acceptors (Lipinski definition) is 15. The maximum absolute atomic E-state index is 13.6. The van der Waals surface area contributed by atoms with Crippen molar-refractivity contribution in [1.82, 2.24) is 0 Å². The van der Waals surface area contributed by atoms with Gasteiger partial charge < -0.3 is 64.7 Å². The van der Waals surface area contributed by atoms with E-state index in [1.54, 1.807) is 0 Å². The van der Waals surface area contributed by atoms with E-state index in [1.165, 1.54) is 89.9 Å². The number of aliphatic hydroxyl groups is 8. The average molecular weight is 1060 g/mol. The Morgan fingerprint density at radius 2 is 0.833 bits per heavy atom. The van der Waals surface area contributed by atoms with E-state index in [4.69, 9.17) is 28.0 Å². The molecule has 16 nitrogen and oxygen atoms in total. The summed E-state index contributed by atoms with van der Waals surface area (Å²) in [6.07, 6.45) is 1.93. The molecule has 1 aliphatic carbocycles. The van der Waals surface area contributed by atoms with Crippen LogP contribution < -0.4 is 0 Å². The molecule has 0 aromatic rings. The number of aliphatic hydroxyl groups excluding tert-OH is 8. The SMILES string of the molecule is CC(C)CCC[C@@H](C)CCC[C@@H](C)CCC[C@@H](C)CCOC[C@H](COP(=O)(O)O[C@H]1C(O)C(O)C(O)[C@@H](O)C1O[C@@H]1O[C@H](CO)[C@@H](O)C(O)C1O)OCC[C@H](C)CCC[C@H](C)CCC[C@H](C)CCCC(C)C. The second-order valence-electron chi connectivity index (χ2n) is 23.7. The van der Waals surface area contributed by atoms with Gasteiger partial charge in [-0.25, -0.2) is 4.57 Å². The fourth-order valence-electron chi connectivity index (χ4n) is 10.1. The number of rotatable bonds is 41. The van der Waals surface area contributed by atoms with Gasteiger partial charge in [0.25, 0.3) is 0 Å². The minimum absolute atomic E-state index is 0.0560. The minimum Gasteiger partial charge on any atom is -0.394 e. The summed E-state index contributed by atoms with van der Waals surface area (Å²) in [4.78, 5) is 11.0. The molecular formula is C55H109O16P. The largest absolute Gasteiger partial charge is 0.472 e. The van der Waals surface area contributed by atoms with Crippen molar-refractivity contribution in [2.75, 3.05) is 33.0 Å². The Morgan fingerprint density at radius 1 is 0.458 bits per heavy atom. The molecule has 430 valence electrons. The summed E-state index contributed by atoms with van der Waals surface area (Å²) in [5, 5.41) is 83.6. The van der Waals surface area contributed by atoms with Crippen LogP contribution >= 0.6 is 7.82 Å². The third kappa shape index (κ3) is 27.3. The molecule has 2 fully saturated rings. The van der Waals surface area contributed by atoms with Gasteiger partial charge in [0.2, 0.25) is 0 Å². The van der Waals surface area contributed by atoms with Gasteiger partial charge in [0, 0.05) is 13.2 Å². The quantitative estimate of drug-likeness (QED) is 0.0206. The van der Waals surface area contributed by atoms with Gasteiger partial charge in [0.1, 0.15) is 67.1 Å². The second-order valence-corrected chi connectivity index (χ2v) is 25.2. The zero-order chi connectivity index (χ0) is 54.0. The van der Waals surface area contributed by atoms with E-state index in [0.29, 0.717) is 36.9 Å². The van der Waals surface area contributed by atoms with Gasteiger partial charge in [0.15, 0.2) is 6.29 Å². The predicted octanol–water partition coefficient (Wildman–Crippen LogP) is 8.46. The van der Waals surface area contributed by atoms with Crippen molar-refractivity contribution in [3.05, 3.63) is 0 Å². The molecule has 0 radical (unpaired) electrons. The Balaban J connectivity index is 1.98. The van der Waals surface area contributed by atoms with Gasteiger partial charge in [0.05, 0.1) is 19.8 Å². The summed E-state index contributed by atoms with van der Waals surface area (Å²) in [7, 11) is -5.18. The van der Waals surface area contributed by atoms with E-state index in [0.717, 1.165) is 62.2 Å². The van der Waals surface area contributed by atoms with Crippen LogP contribution in [-0.4, -0.2) is 152 Å². The molecule has 17 heteroatoms. The summed E-state index contributed by atoms with van der Waals surface area (Å²) in [5.74, 6) is 5.30. The molecule has 1 saturated carbocycles. The van der Waals surface area contributed by atoms with Crippen LogP contribution in [0.2, 0.25) is 0 Å². The molecule has 7 unspecified atom stereocenters. The minimum atomic E-state index is -5.18. The number of phosphoric acid groups is 1. The number of ether oxygens (including phenoxy) is 4. The predicted molar refractivity (Wildman–Crippen MR) is 281 cm³/mol. The van der Waals surface area contributed by atoms with Gasteiger partial charge in [-0.2, -0.15) is 0 Å². The van der Waals surface area contributed by atoms with Crippen molar-refractivity contribution in [2.45, 2.75) is 271 Å².